The van der Waals surface area contributed by atoms with E-state index >= 15 is 0 Å². The normalized spacial score (nSPS) is 12.0. The quantitative estimate of drug-likeness (QED) is 0.814. The Labute approximate surface area is 128 Å². The van der Waals surface area contributed by atoms with Crippen molar-refractivity contribution in [2.24, 2.45) is 0 Å². The monoisotopic (exact) mass is 305 g/mol. The van der Waals surface area contributed by atoms with Crippen molar-refractivity contribution in [2.45, 2.75) is 11.9 Å². The van der Waals surface area contributed by atoms with Gasteiger partial charge in [0.15, 0.2) is 0 Å². The lowest BCUT2D eigenvalue weighted by Gasteiger charge is -2.13. The number of rotatable bonds is 8. The van der Waals surface area contributed by atoms with E-state index in [0.29, 0.717) is 12.3 Å². The molecule has 2 aromatic rings. The number of thioether (sulfide) groups is 1. The first-order chi connectivity index (χ1) is 10.3. The summed E-state index contributed by atoms with van der Waals surface area (Å²) in [5, 5.41) is 2.86. The molecule has 21 heavy (non-hydrogen) atoms. The van der Waals surface area contributed by atoms with Crippen molar-refractivity contribution < 1.29 is 13.9 Å². The predicted molar refractivity (Wildman–Crippen MR) is 84.1 cm³/mol. The molecule has 1 atom stereocenters. The highest BCUT2D eigenvalue weighted by molar-refractivity contribution is 7.99. The molecule has 0 unspecified atom stereocenters. The standard InChI is InChI=1S/C16H19NO3S/c1-19-15(14-8-5-9-20-14)10-17-16(18)12-21-11-13-6-3-2-4-7-13/h2-9,15H,10-12H2,1H3,(H,17,18)/t15-/m0/s1. The summed E-state index contributed by atoms with van der Waals surface area (Å²) in [6.07, 6.45) is 1.35. The second kappa shape index (κ2) is 8.54. The van der Waals surface area contributed by atoms with Crippen molar-refractivity contribution in [2.75, 3.05) is 19.4 Å². The Morgan fingerprint density at radius 2 is 2.10 bits per heavy atom. The molecule has 5 heteroatoms. The van der Waals surface area contributed by atoms with Crippen molar-refractivity contribution >= 4 is 17.7 Å². The molecule has 1 aromatic heterocycles. The molecule has 112 valence electrons. The van der Waals surface area contributed by atoms with E-state index in [0.717, 1.165) is 11.5 Å². The first-order valence-corrected chi connectivity index (χ1v) is 7.89. The molecular weight excluding hydrogens is 286 g/mol. The maximum Gasteiger partial charge on any atom is 0.230 e. The summed E-state index contributed by atoms with van der Waals surface area (Å²) in [4.78, 5) is 11.8. The minimum Gasteiger partial charge on any atom is -0.467 e. The Balaban J connectivity index is 1.67. The Morgan fingerprint density at radius 1 is 1.29 bits per heavy atom. The van der Waals surface area contributed by atoms with Gasteiger partial charge in [0.25, 0.3) is 0 Å². The molecule has 1 N–H and O–H groups in total. The molecule has 0 bridgehead atoms. The van der Waals surface area contributed by atoms with E-state index in [-0.39, 0.29) is 12.0 Å². The molecule has 0 saturated heterocycles. The highest BCUT2D eigenvalue weighted by Gasteiger charge is 2.14. The minimum atomic E-state index is -0.247. The van der Waals surface area contributed by atoms with Crippen LogP contribution in [0.15, 0.2) is 53.1 Å². The third-order valence-electron chi connectivity index (χ3n) is 2.97. The average molecular weight is 305 g/mol. The van der Waals surface area contributed by atoms with Gasteiger partial charge in [-0.25, -0.2) is 0 Å². The molecule has 1 heterocycles. The van der Waals surface area contributed by atoms with Crippen LogP contribution >= 0.6 is 11.8 Å². The Hall–Kier alpha value is -1.72. The lowest BCUT2D eigenvalue weighted by molar-refractivity contribution is -0.119. The lowest BCUT2D eigenvalue weighted by Crippen LogP contribution is -2.30. The molecule has 2 rings (SSSR count). The van der Waals surface area contributed by atoms with Gasteiger partial charge in [-0.15, -0.1) is 11.8 Å². The van der Waals surface area contributed by atoms with Crippen LogP contribution in [0.25, 0.3) is 0 Å². The number of methoxy groups -OCH3 is 1. The van der Waals surface area contributed by atoms with Gasteiger partial charge < -0.3 is 14.5 Å². The van der Waals surface area contributed by atoms with Crippen LogP contribution in [0.4, 0.5) is 0 Å². The lowest BCUT2D eigenvalue weighted by atomic mass is 10.2. The van der Waals surface area contributed by atoms with Crippen LogP contribution in [0.1, 0.15) is 17.4 Å². The van der Waals surface area contributed by atoms with E-state index in [9.17, 15) is 4.79 Å². The van der Waals surface area contributed by atoms with Crippen LogP contribution in [0.3, 0.4) is 0 Å². The third-order valence-corrected chi connectivity index (χ3v) is 3.98. The molecule has 0 radical (unpaired) electrons. The van der Waals surface area contributed by atoms with Gasteiger partial charge in [0, 0.05) is 12.9 Å². The second-order valence-corrected chi connectivity index (χ2v) is 5.51. The summed E-state index contributed by atoms with van der Waals surface area (Å²) in [7, 11) is 1.60. The zero-order valence-electron chi connectivity index (χ0n) is 12.0. The van der Waals surface area contributed by atoms with Crippen molar-refractivity contribution in [3.63, 3.8) is 0 Å². The van der Waals surface area contributed by atoms with Crippen LogP contribution in [0, 0.1) is 0 Å². The number of ether oxygens (including phenoxy) is 1. The van der Waals surface area contributed by atoms with Crippen molar-refractivity contribution in [3.05, 3.63) is 60.1 Å². The third kappa shape index (κ3) is 5.28. The van der Waals surface area contributed by atoms with E-state index in [1.807, 2.05) is 24.3 Å². The molecule has 0 saturated carbocycles. The minimum absolute atomic E-state index is 0.00420. The van der Waals surface area contributed by atoms with Gasteiger partial charge in [0.1, 0.15) is 11.9 Å². The number of amides is 1. The number of hydrogen-bond acceptors (Lipinski definition) is 4. The van der Waals surface area contributed by atoms with Gasteiger partial charge in [-0.2, -0.15) is 0 Å². The van der Waals surface area contributed by atoms with E-state index in [1.165, 1.54) is 5.56 Å². The Morgan fingerprint density at radius 3 is 2.76 bits per heavy atom. The Kier molecular flexibility index (Phi) is 6.37. The van der Waals surface area contributed by atoms with E-state index < -0.39 is 0 Å². The summed E-state index contributed by atoms with van der Waals surface area (Å²) < 4.78 is 10.6. The number of hydrogen-bond donors (Lipinski definition) is 1. The van der Waals surface area contributed by atoms with Gasteiger partial charge in [0.05, 0.1) is 18.6 Å². The maximum absolute atomic E-state index is 11.8. The van der Waals surface area contributed by atoms with Crippen LogP contribution in [0.2, 0.25) is 0 Å². The summed E-state index contributed by atoms with van der Waals surface area (Å²) >= 11 is 1.59. The molecule has 0 aliphatic rings. The fourth-order valence-electron chi connectivity index (χ4n) is 1.87. The van der Waals surface area contributed by atoms with Crippen molar-refractivity contribution in [1.29, 1.82) is 0 Å². The predicted octanol–water partition coefficient (Wildman–Crippen LogP) is 3.02. The zero-order valence-corrected chi connectivity index (χ0v) is 12.8. The highest BCUT2D eigenvalue weighted by atomic mass is 32.2. The fourth-order valence-corrected chi connectivity index (χ4v) is 2.69. The maximum atomic E-state index is 11.8. The summed E-state index contributed by atoms with van der Waals surface area (Å²) in [6, 6.07) is 13.8. The summed E-state index contributed by atoms with van der Waals surface area (Å²) in [6.45, 7) is 0.411. The van der Waals surface area contributed by atoms with E-state index in [4.69, 9.17) is 9.15 Å². The molecule has 1 amide bonds. The zero-order chi connectivity index (χ0) is 14.9. The molecular formula is C16H19NO3S. The highest BCUT2D eigenvalue weighted by Crippen LogP contribution is 2.16. The number of benzene rings is 1. The van der Waals surface area contributed by atoms with Gasteiger partial charge in [0.2, 0.25) is 5.91 Å². The number of nitrogens with one attached hydrogen (secondary N) is 1. The number of carbonyl (C=O) groups is 1. The molecule has 4 nitrogen and oxygen atoms in total. The van der Waals surface area contributed by atoms with Crippen LogP contribution in [-0.2, 0) is 15.3 Å². The fraction of sp³-hybridized carbons (Fsp3) is 0.312. The van der Waals surface area contributed by atoms with Crippen LogP contribution < -0.4 is 5.32 Å². The first-order valence-electron chi connectivity index (χ1n) is 6.74. The SMILES string of the molecule is CO[C@@H](CNC(=O)CSCc1ccccc1)c1ccco1. The topological polar surface area (TPSA) is 51.5 Å². The largest absolute Gasteiger partial charge is 0.467 e. The number of furan rings is 1. The van der Waals surface area contributed by atoms with Crippen molar-refractivity contribution in [3.8, 4) is 0 Å². The molecule has 1 aromatic carbocycles. The van der Waals surface area contributed by atoms with Crippen LogP contribution in [0.5, 0.6) is 0 Å². The van der Waals surface area contributed by atoms with E-state index in [1.54, 1.807) is 31.2 Å². The molecule has 0 fully saturated rings. The van der Waals surface area contributed by atoms with Gasteiger partial charge in [-0.05, 0) is 17.7 Å². The summed E-state index contributed by atoms with van der Waals surface area (Å²) in [5.74, 6) is 1.99. The molecule has 0 aliphatic carbocycles. The van der Waals surface area contributed by atoms with Crippen LogP contribution in [-0.4, -0.2) is 25.3 Å². The van der Waals surface area contributed by atoms with Crippen molar-refractivity contribution in [1.82, 2.24) is 5.32 Å². The average Bonchev–Trinajstić information content (AvgIpc) is 3.03. The Bertz CT molecular complexity index is 528. The van der Waals surface area contributed by atoms with Gasteiger partial charge >= 0.3 is 0 Å². The smallest absolute Gasteiger partial charge is 0.230 e. The van der Waals surface area contributed by atoms with Gasteiger partial charge in [-0.1, -0.05) is 30.3 Å². The second-order valence-electron chi connectivity index (χ2n) is 4.52. The number of carbonyl (C=O) groups excluding carboxylic acids is 1. The summed E-state index contributed by atoms with van der Waals surface area (Å²) in [5.41, 5.74) is 1.22. The molecule has 0 aliphatic heterocycles. The van der Waals surface area contributed by atoms with E-state index in [2.05, 4.69) is 17.4 Å². The van der Waals surface area contributed by atoms with Gasteiger partial charge in [-0.3, -0.25) is 4.79 Å². The first kappa shape index (κ1) is 15.7. The molecule has 0 spiro atoms.